The molecule has 0 fully saturated rings. The van der Waals surface area contributed by atoms with Gasteiger partial charge in [-0.2, -0.15) is 0 Å². The first-order chi connectivity index (χ1) is 12.5. The van der Waals surface area contributed by atoms with Crippen molar-refractivity contribution in [2.75, 3.05) is 12.9 Å². The van der Waals surface area contributed by atoms with Crippen LogP contribution in [0.2, 0.25) is 0 Å². The number of ether oxygens (including phenoxy) is 1. The Hall–Kier alpha value is -2.51. The maximum Gasteiger partial charge on any atom is 0.328 e. The molecule has 0 saturated carbocycles. The smallest absolute Gasteiger partial charge is 0.328 e. The van der Waals surface area contributed by atoms with Gasteiger partial charge in [0.25, 0.3) is 5.91 Å². The standard InChI is InChI=1S/C19H21NO5S/c1-25-19(23)16(12-13-26(24)15-10-6-3-7-11-15)20-18(22)17(21)14-8-4-2-5-9-14/h2-11,16-17,21H,12-13H2,1H3,(H,20,22)/t16-,17-,26+/m0/s1. The average molecular weight is 375 g/mol. The van der Waals surface area contributed by atoms with Gasteiger partial charge in [-0.1, -0.05) is 48.5 Å². The lowest BCUT2D eigenvalue weighted by Crippen LogP contribution is -2.44. The number of hydrogen-bond donors (Lipinski definition) is 2. The minimum atomic E-state index is -1.40. The number of hydrogen-bond acceptors (Lipinski definition) is 5. The van der Waals surface area contributed by atoms with Gasteiger partial charge in [0.1, 0.15) is 6.04 Å². The van der Waals surface area contributed by atoms with Gasteiger partial charge in [0, 0.05) is 10.6 Å². The summed E-state index contributed by atoms with van der Waals surface area (Å²) < 4.78 is 17.0. The minimum Gasteiger partial charge on any atom is -0.467 e. The zero-order valence-corrected chi connectivity index (χ0v) is 15.1. The summed E-state index contributed by atoms with van der Waals surface area (Å²) >= 11 is 0. The maximum atomic E-state index is 12.3. The van der Waals surface area contributed by atoms with Crippen LogP contribution in [-0.4, -0.2) is 40.1 Å². The van der Waals surface area contributed by atoms with Crippen LogP contribution in [0, 0.1) is 0 Å². The van der Waals surface area contributed by atoms with Crippen LogP contribution in [0.5, 0.6) is 0 Å². The third kappa shape index (κ3) is 5.50. The van der Waals surface area contributed by atoms with E-state index in [1.165, 1.54) is 7.11 Å². The quantitative estimate of drug-likeness (QED) is 0.684. The summed E-state index contributed by atoms with van der Waals surface area (Å²) in [6.07, 6.45) is -1.27. The SMILES string of the molecule is COC(=O)[C@H](CC[S@@](=O)c1ccccc1)NC(=O)[C@@H](O)c1ccccc1. The highest BCUT2D eigenvalue weighted by molar-refractivity contribution is 7.85. The third-order valence-corrected chi connectivity index (χ3v) is 5.17. The Bertz CT molecular complexity index is 751. The fourth-order valence-electron chi connectivity index (χ4n) is 2.34. The van der Waals surface area contributed by atoms with E-state index in [9.17, 15) is 18.9 Å². The molecule has 0 bridgehead atoms. The van der Waals surface area contributed by atoms with Gasteiger partial charge in [-0.05, 0) is 24.1 Å². The number of benzene rings is 2. The molecule has 2 rings (SSSR count). The van der Waals surface area contributed by atoms with E-state index >= 15 is 0 Å². The molecular formula is C19H21NO5S. The molecule has 6 nitrogen and oxygen atoms in total. The van der Waals surface area contributed by atoms with Crippen molar-refractivity contribution in [3.63, 3.8) is 0 Å². The van der Waals surface area contributed by atoms with E-state index in [0.717, 1.165) is 0 Å². The van der Waals surface area contributed by atoms with Crippen molar-refractivity contribution in [2.45, 2.75) is 23.5 Å². The first-order valence-electron chi connectivity index (χ1n) is 8.07. The summed E-state index contributed by atoms with van der Waals surface area (Å²) in [4.78, 5) is 24.8. The van der Waals surface area contributed by atoms with Gasteiger partial charge in [-0.25, -0.2) is 4.79 Å². The van der Waals surface area contributed by atoms with Gasteiger partial charge in [0.05, 0.1) is 17.9 Å². The molecule has 0 saturated heterocycles. The van der Waals surface area contributed by atoms with Crippen LogP contribution in [0.1, 0.15) is 18.1 Å². The molecular weight excluding hydrogens is 354 g/mol. The topological polar surface area (TPSA) is 92.7 Å². The zero-order chi connectivity index (χ0) is 18.9. The lowest BCUT2D eigenvalue weighted by atomic mass is 10.1. The second-order valence-electron chi connectivity index (χ2n) is 5.55. The van der Waals surface area contributed by atoms with Crippen LogP contribution < -0.4 is 5.32 Å². The van der Waals surface area contributed by atoms with Crippen molar-refractivity contribution < 1.29 is 23.6 Å². The van der Waals surface area contributed by atoms with Crippen LogP contribution >= 0.6 is 0 Å². The van der Waals surface area contributed by atoms with E-state index in [-0.39, 0.29) is 12.2 Å². The molecule has 26 heavy (non-hydrogen) atoms. The van der Waals surface area contributed by atoms with E-state index < -0.39 is 34.8 Å². The van der Waals surface area contributed by atoms with Gasteiger partial charge in [-0.3, -0.25) is 9.00 Å². The Morgan fingerprint density at radius 3 is 2.23 bits per heavy atom. The predicted octanol–water partition coefficient (Wildman–Crippen LogP) is 1.58. The van der Waals surface area contributed by atoms with Crippen LogP contribution in [0.25, 0.3) is 0 Å². The normalized spacial score (nSPS) is 14.1. The number of rotatable bonds is 8. The number of methoxy groups -OCH3 is 1. The van der Waals surface area contributed by atoms with Gasteiger partial charge >= 0.3 is 5.97 Å². The molecule has 2 aromatic rings. The van der Waals surface area contributed by atoms with E-state index in [4.69, 9.17) is 4.74 Å². The van der Waals surface area contributed by atoms with Crippen molar-refractivity contribution in [3.8, 4) is 0 Å². The average Bonchev–Trinajstić information content (AvgIpc) is 2.70. The summed E-state index contributed by atoms with van der Waals surface area (Å²) in [5.41, 5.74) is 0.418. The lowest BCUT2D eigenvalue weighted by Gasteiger charge is -2.19. The fraction of sp³-hybridized carbons (Fsp3) is 0.263. The maximum absolute atomic E-state index is 12.3. The van der Waals surface area contributed by atoms with Crippen molar-refractivity contribution in [2.24, 2.45) is 0 Å². The lowest BCUT2D eigenvalue weighted by molar-refractivity contribution is -0.146. The first-order valence-corrected chi connectivity index (χ1v) is 9.39. The summed E-state index contributed by atoms with van der Waals surface area (Å²) in [5, 5.41) is 12.6. The van der Waals surface area contributed by atoms with Gasteiger partial charge in [0.2, 0.25) is 0 Å². The summed E-state index contributed by atoms with van der Waals surface area (Å²) in [6, 6.07) is 16.3. The Balaban J connectivity index is 2.00. The van der Waals surface area contributed by atoms with E-state index in [2.05, 4.69) is 5.32 Å². The van der Waals surface area contributed by atoms with E-state index in [1.807, 2.05) is 6.07 Å². The summed E-state index contributed by atoms with van der Waals surface area (Å²) in [7, 11) is -0.0940. The minimum absolute atomic E-state index is 0.126. The Morgan fingerprint density at radius 1 is 1.08 bits per heavy atom. The number of esters is 1. The van der Waals surface area contributed by atoms with Crippen molar-refractivity contribution in [1.29, 1.82) is 0 Å². The molecule has 0 radical (unpaired) electrons. The molecule has 2 aromatic carbocycles. The van der Waals surface area contributed by atoms with E-state index in [0.29, 0.717) is 10.5 Å². The van der Waals surface area contributed by atoms with Gasteiger partial charge in [-0.15, -0.1) is 0 Å². The van der Waals surface area contributed by atoms with E-state index in [1.54, 1.807) is 54.6 Å². The molecule has 2 N–H and O–H groups in total. The number of carbonyl (C=O) groups excluding carboxylic acids is 2. The number of amides is 1. The number of carbonyl (C=O) groups is 2. The summed E-state index contributed by atoms with van der Waals surface area (Å²) in [5.74, 6) is -1.19. The van der Waals surface area contributed by atoms with Crippen molar-refractivity contribution in [3.05, 3.63) is 66.2 Å². The molecule has 7 heteroatoms. The molecule has 0 heterocycles. The molecule has 138 valence electrons. The number of aliphatic hydroxyl groups is 1. The third-order valence-electron chi connectivity index (χ3n) is 3.76. The molecule has 0 aliphatic heterocycles. The highest BCUT2D eigenvalue weighted by atomic mass is 32.2. The monoisotopic (exact) mass is 375 g/mol. The summed E-state index contributed by atoms with van der Waals surface area (Å²) in [6.45, 7) is 0. The fourth-order valence-corrected chi connectivity index (χ4v) is 3.49. The van der Waals surface area contributed by atoms with Crippen molar-refractivity contribution in [1.82, 2.24) is 5.32 Å². The number of aliphatic hydroxyl groups excluding tert-OH is 1. The van der Waals surface area contributed by atoms with Crippen LogP contribution in [0.15, 0.2) is 65.6 Å². The number of nitrogens with one attached hydrogen (secondary N) is 1. The van der Waals surface area contributed by atoms with Gasteiger partial charge in [0.15, 0.2) is 6.10 Å². The van der Waals surface area contributed by atoms with Crippen LogP contribution in [-0.2, 0) is 25.1 Å². The molecule has 0 aliphatic rings. The predicted molar refractivity (Wildman–Crippen MR) is 97.7 cm³/mol. The Morgan fingerprint density at radius 2 is 1.65 bits per heavy atom. The van der Waals surface area contributed by atoms with Crippen LogP contribution in [0.4, 0.5) is 0 Å². The second-order valence-corrected chi connectivity index (χ2v) is 7.12. The van der Waals surface area contributed by atoms with Crippen molar-refractivity contribution >= 4 is 22.7 Å². The molecule has 0 spiro atoms. The molecule has 1 amide bonds. The first kappa shape index (κ1) is 19.8. The largest absolute Gasteiger partial charge is 0.467 e. The molecule has 0 unspecified atom stereocenters. The molecule has 0 aromatic heterocycles. The Labute approximate surface area is 154 Å². The second kappa shape index (κ2) is 9.84. The molecule has 3 atom stereocenters. The van der Waals surface area contributed by atoms with Gasteiger partial charge < -0.3 is 15.2 Å². The molecule has 0 aliphatic carbocycles. The zero-order valence-electron chi connectivity index (χ0n) is 14.3. The highest BCUT2D eigenvalue weighted by Crippen LogP contribution is 2.13. The highest BCUT2D eigenvalue weighted by Gasteiger charge is 2.26. The van der Waals surface area contributed by atoms with Crippen LogP contribution in [0.3, 0.4) is 0 Å². The Kier molecular flexibility index (Phi) is 7.50.